The van der Waals surface area contributed by atoms with Gasteiger partial charge in [-0.15, -0.1) is 0 Å². The van der Waals surface area contributed by atoms with Crippen molar-refractivity contribution in [3.63, 3.8) is 0 Å². The fourth-order valence-electron chi connectivity index (χ4n) is 2.69. The Morgan fingerprint density at radius 1 is 0.962 bits per heavy atom. The zero-order valence-corrected chi connectivity index (χ0v) is 14.4. The van der Waals surface area contributed by atoms with E-state index in [9.17, 15) is 9.59 Å². The van der Waals surface area contributed by atoms with Crippen molar-refractivity contribution in [2.24, 2.45) is 5.73 Å². The van der Waals surface area contributed by atoms with Crippen molar-refractivity contribution in [1.29, 1.82) is 0 Å². The van der Waals surface area contributed by atoms with Crippen molar-refractivity contribution < 1.29 is 24.5 Å². The molecule has 0 spiro atoms. The minimum absolute atomic E-state index is 0.475. The standard InChI is InChI=1S/C20H23NO5/c21-19(20(24)25)17(13-18(22)23)26-16-12-5-4-10-15(16)11-6-9-14-7-2-1-3-8-14/h1-5,7-8,10,12,17,19H,6,9,11,13,21H2,(H,22,23)(H,24,25). The highest BCUT2D eigenvalue weighted by molar-refractivity contribution is 5.76. The number of hydrogen-bond donors (Lipinski definition) is 3. The summed E-state index contributed by atoms with van der Waals surface area (Å²) in [5.41, 5.74) is 7.73. The van der Waals surface area contributed by atoms with E-state index in [0.717, 1.165) is 24.8 Å². The maximum Gasteiger partial charge on any atom is 0.324 e. The van der Waals surface area contributed by atoms with Gasteiger partial charge in [0, 0.05) is 0 Å². The molecule has 2 rings (SSSR count). The van der Waals surface area contributed by atoms with E-state index in [1.54, 1.807) is 12.1 Å². The molecule has 2 unspecified atom stereocenters. The predicted octanol–water partition coefficient (Wildman–Crippen LogP) is 2.50. The minimum Gasteiger partial charge on any atom is -0.487 e. The van der Waals surface area contributed by atoms with E-state index < -0.39 is 30.5 Å². The second-order valence-corrected chi connectivity index (χ2v) is 6.07. The molecule has 0 aromatic heterocycles. The Morgan fingerprint density at radius 3 is 2.27 bits per heavy atom. The molecule has 0 bridgehead atoms. The smallest absolute Gasteiger partial charge is 0.324 e. The number of carbonyl (C=O) groups is 2. The van der Waals surface area contributed by atoms with Crippen LogP contribution < -0.4 is 10.5 Å². The first-order valence-electron chi connectivity index (χ1n) is 8.46. The monoisotopic (exact) mass is 357 g/mol. The topological polar surface area (TPSA) is 110 Å². The Morgan fingerprint density at radius 2 is 1.62 bits per heavy atom. The second-order valence-electron chi connectivity index (χ2n) is 6.07. The Balaban J connectivity index is 2.06. The molecule has 4 N–H and O–H groups in total. The van der Waals surface area contributed by atoms with Gasteiger partial charge in [-0.1, -0.05) is 48.5 Å². The average molecular weight is 357 g/mol. The van der Waals surface area contributed by atoms with E-state index in [1.165, 1.54) is 5.56 Å². The summed E-state index contributed by atoms with van der Waals surface area (Å²) in [6, 6.07) is 15.9. The molecule has 0 amide bonds. The average Bonchev–Trinajstić information content (AvgIpc) is 2.62. The van der Waals surface area contributed by atoms with Crippen molar-refractivity contribution in [2.45, 2.75) is 37.8 Å². The molecule has 138 valence electrons. The fourth-order valence-corrected chi connectivity index (χ4v) is 2.69. The summed E-state index contributed by atoms with van der Waals surface area (Å²) in [6.07, 6.45) is 0.903. The molecule has 26 heavy (non-hydrogen) atoms. The molecule has 0 saturated heterocycles. The molecule has 2 aromatic carbocycles. The number of hydrogen-bond acceptors (Lipinski definition) is 4. The second kappa shape index (κ2) is 9.58. The van der Waals surface area contributed by atoms with Crippen molar-refractivity contribution in [2.75, 3.05) is 0 Å². The highest BCUT2D eigenvalue weighted by atomic mass is 16.5. The number of carboxylic acid groups (broad SMARTS) is 2. The third-order valence-corrected chi connectivity index (χ3v) is 4.07. The Labute approximate surface area is 152 Å². The SMILES string of the molecule is NC(C(=O)O)C(CC(=O)O)Oc1ccccc1CCCc1ccccc1. The van der Waals surface area contributed by atoms with Crippen LogP contribution in [0.4, 0.5) is 0 Å². The first-order chi connectivity index (χ1) is 12.5. The summed E-state index contributed by atoms with van der Waals surface area (Å²) in [4.78, 5) is 22.1. The predicted molar refractivity (Wildman–Crippen MR) is 97.2 cm³/mol. The lowest BCUT2D eigenvalue weighted by Gasteiger charge is -2.22. The van der Waals surface area contributed by atoms with Crippen molar-refractivity contribution in [3.05, 3.63) is 65.7 Å². The number of carboxylic acids is 2. The largest absolute Gasteiger partial charge is 0.487 e. The number of para-hydroxylation sites is 1. The summed E-state index contributed by atoms with van der Waals surface area (Å²) < 4.78 is 5.70. The van der Waals surface area contributed by atoms with Crippen LogP contribution in [0.1, 0.15) is 24.0 Å². The van der Waals surface area contributed by atoms with Gasteiger partial charge in [-0.2, -0.15) is 0 Å². The summed E-state index contributed by atoms with van der Waals surface area (Å²) >= 11 is 0. The van der Waals surface area contributed by atoms with Crippen molar-refractivity contribution in [3.8, 4) is 5.75 Å². The Kier molecular flexibility index (Phi) is 7.17. The van der Waals surface area contributed by atoms with Gasteiger partial charge in [-0.25, -0.2) is 0 Å². The third kappa shape index (κ3) is 5.89. The van der Waals surface area contributed by atoms with Gasteiger partial charge in [-0.3, -0.25) is 9.59 Å². The number of aryl methyl sites for hydroxylation is 2. The van der Waals surface area contributed by atoms with E-state index >= 15 is 0 Å². The highest BCUT2D eigenvalue weighted by Crippen LogP contribution is 2.23. The van der Waals surface area contributed by atoms with Gasteiger partial charge in [0.15, 0.2) is 0 Å². The molecule has 0 aliphatic heterocycles. The minimum atomic E-state index is -1.41. The molecule has 0 saturated carbocycles. The molecular weight excluding hydrogens is 334 g/mol. The lowest BCUT2D eigenvalue weighted by Crippen LogP contribution is -2.46. The number of rotatable bonds is 10. The van der Waals surface area contributed by atoms with Crippen LogP contribution in [-0.4, -0.2) is 34.3 Å². The maximum absolute atomic E-state index is 11.1. The molecule has 2 aromatic rings. The zero-order valence-electron chi connectivity index (χ0n) is 14.4. The van der Waals surface area contributed by atoms with Gasteiger partial charge in [0.25, 0.3) is 0 Å². The van der Waals surface area contributed by atoms with Gasteiger partial charge >= 0.3 is 11.9 Å². The van der Waals surface area contributed by atoms with Crippen LogP contribution in [0, 0.1) is 0 Å². The molecule has 0 heterocycles. The van der Waals surface area contributed by atoms with Crippen LogP contribution in [0.2, 0.25) is 0 Å². The number of benzene rings is 2. The zero-order chi connectivity index (χ0) is 18.9. The maximum atomic E-state index is 11.1. The molecule has 6 nitrogen and oxygen atoms in total. The molecular formula is C20H23NO5. The van der Waals surface area contributed by atoms with Crippen molar-refractivity contribution >= 4 is 11.9 Å². The van der Waals surface area contributed by atoms with Crippen molar-refractivity contribution in [1.82, 2.24) is 0 Å². The van der Waals surface area contributed by atoms with Gasteiger partial charge in [-0.05, 0) is 36.5 Å². The van der Waals surface area contributed by atoms with Crippen LogP contribution in [0.3, 0.4) is 0 Å². The van der Waals surface area contributed by atoms with Crippen LogP contribution in [0.15, 0.2) is 54.6 Å². The van der Waals surface area contributed by atoms with E-state index in [4.69, 9.17) is 20.7 Å². The Hall–Kier alpha value is -2.86. The van der Waals surface area contributed by atoms with Crippen LogP contribution in [0.25, 0.3) is 0 Å². The summed E-state index contributed by atoms with van der Waals surface area (Å²) in [6.45, 7) is 0. The van der Waals surface area contributed by atoms with Crippen LogP contribution >= 0.6 is 0 Å². The van der Waals surface area contributed by atoms with E-state index in [1.807, 2.05) is 30.3 Å². The van der Waals surface area contributed by atoms with Gasteiger partial charge in [0.2, 0.25) is 0 Å². The lowest BCUT2D eigenvalue weighted by atomic mass is 10.0. The van der Waals surface area contributed by atoms with Gasteiger partial charge in [0.1, 0.15) is 17.9 Å². The first kappa shape index (κ1) is 19.5. The number of aliphatic carboxylic acids is 2. The molecule has 0 radical (unpaired) electrons. The molecule has 6 heteroatoms. The number of nitrogens with two attached hydrogens (primary N) is 1. The first-order valence-corrected chi connectivity index (χ1v) is 8.46. The number of ether oxygens (including phenoxy) is 1. The van der Waals surface area contributed by atoms with E-state index in [0.29, 0.717) is 5.75 Å². The molecule has 2 atom stereocenters. The van der Waals surface area contributed by atoms with Crippen LogP contribution in [-0.2, 0) is 22.4 Å². The van der Waals surface area contributed by atoms with Crippen LogP contribution in [0.5, 0.6) is 5.75 Å². The fraction of sp³-hybridized carbons (Fsp3) is 0.300. The quantitative estimate of drug-likeness (QED) is 0.603. The molecule has 0 fully saturated rings. The third-order valence-electron chi connectivity index (χ3n) is 4.07. The summed E-state index contributed by atoms with van der Waals surface area (Å²) in [5, 5.41) is 18.1. The van der Waals surface area contributed by atoms with Gasteiger partial charge in [0.05, 0.1) is 6.42 Å². The molecule has 0 aliphatic carbocycles. The normalized spacial score (nSPS) is 13.0. The summed E-state index contributed by atoms with van der Waals surface area (Å²) in [5.74, 6) is -1.98. The highest BCUT2D eigenvalue weighted by Gasteiger charge is 2.29. The van der Waals surface area contributed by atoms with E-state index in [2.05, 4.69) is 12.1 Å². The Bertz CT molecular complexity index is 732. The molecule has 0 aliphatic rings. The lowest BCUT2D eigenvalue weighted by molar-refractivity contribution is -0.143. The van der Waals surface area contributed by atoms with E-state index in [-0.39, 0.29) is 0 Å². The summed E-state index contributed by atoms with van der Waals surface area (Å²) in [7, 11) is 0. The van der Waals surface area contributed by atoms with Gasteiger partial charge < -0.3 is 20.7 Å².